The van der Waals surface area contributed by atoms with Crippen molar-refractivity contribution < 1.29 is 0 Å². The van der Waals surface area contributed by atoms with Gasteiger partial charge in [-0.1, -0.05) is 190 Å². The van der Waals surface area contributed by atoms with E-state index in [0.29, 0.717) is 17.5 Å². The van der Waals surface area contributed by atoms with Gasteiger partial charge in [-0.15, -0.1) is 11.3 Å². The predicted molar refractivity (Wildman–Crippen MR) is 309 cm³/mol. The number of aromatic nitrogens is 5. The summed E-state index contributed by atoms with van der Waals surface area (Å²) in [6, 6.07) is 85.3. The zero-order valence-corrected chi connectivity index (χ0v) is 41.5. The molecule has 0 saturated carbocycles. The fourth-order valence-corrected chi connectivity index (χ4v) is 13.2. The molecule has 15 rings (SSSR count). The molecular formula is C68H45N5S. The second kappa shape index (κ2) is 16.4. The van der Waals surface area contributed by atoms with Crippen molar-refractivity contribution >= 4 is 64.2 Å². The molecule has 6 heteroatoms. The minimum Gasteiger partial charge on any atom is -0.309 e. The number of hydrogen-bond donors (Lipinski definition) is 0. The second-order valence-electron chi connectivity index (χ2n) is 19.9. The third kappa shape index (κ3) is 6.45. The fourth-order valence-electron chi connectivity index (χ4n) is 12.0. The van der Waals surface area contributed by atoms with Gasteiger partial charge >= 0.3 is 0 Å². The van der Waals surface area contributed by atoms with Crippen molar-refractivity contribution in [3.63, 3.8) is 0 Å². The molecule has 10 aromatic carbocycles. The first-order valence-corrected chi connectivity index (χ1v) is 26.1. The second-order valence-corrected chi connectivity index (χ2v) is 21.0. The van der Waals surface area contributed by atoms with Gasteiger partial charge in [0.25, 0.3) is 0 Å². The number of para-hydroxylation sites is 1. The van der Waals surface area contributed by atoms with Gasteiger partial charge in [0.15, 0.2) is 17.5 Å². The molecule has 14 aromatic rings. The SMILES string of the molecule is CC1(C)c2ccccc2-c2c1c1c3c4cc(-c5cccc6c5sc5ccccc56)ccc4n(-c4ccc(-c5cccc(-c6nc(-c7ccccc7)nc(-c7ccccc7)n6)c5)cc4)c3ccc1n2-c1ccccc1. The molecule has 4 aromatic heterocycles. The highest BCUT2D eigenvalue weighted by atomic mass is 32.1. The van der Waals surface area contributed by atoms with Crippen LogP contribution in [0.3, 0.4) is 0 Å². The van der Waals surface area contributed by atoms with Gasteiger partial charge in [-0.05, 0) is 94.0 Å². The number of nitrogens with zero attached hydrogens (tertiary/aromatic N) is 5. The fraction of sp³-hybridized carbons (Fsp3) is 0.0441. The van der Waals surface area contributed by atoms with Gasteiger partial charge < -0.3 is 9.13 Å². The summed E-state index contributed by atoms with van der Waals surface area (Å²) in [5, 5.41) is 6.43. The topological polar surface area (TPSA) is 48.5 Å². The Bertz CT molecular complexity index is 4490. The van der Waals surface area contributed by atoms with Crippen LogP contribution in [0.25, 0.3) is 132 Å². The van der Waals surface area contributed by atoms with E-state index >= 15 is 0 Å². The Morgan fingerprint density at radius 2 is 0.905 bits per heavy atom. The molecule has 1 aliphatic carbocycles. The summed E-state index contributed by atoms with van der Waals surface area (Å²) in [4.78, 5) is 15.0. The molecule has 0 fully saturated rings. The van der Waals surface area contributed by atoms with Crippen LogP contribution in [0, 0.1) is 0 Å². The van der Waals surface area contributed by atoms with Gasteiger partial charge in [0.2, 0.25) is 0 Å². The van der Waals surface area contributed by atoms with Crippen LogP contribution in [0.1, 0.15) is 25.0 Å². The first-order chi connectivity index (χ1) is 36.5. The van der Waals surface area contributed by atoms with Crippen LogP contribution in [0.15, 0.2) is 237 Å². The van der Waals surface area contributed by atoms with Gasteiger partial charge in [0.1, 0.15) is 0 Å². The summed E-state index contributed by atoms with van der Waals surface area (Å²) >= 11 is 1.89. The largest absolute Gasteiger partial charge is 0.309 e. The van der Waals surface area contributed by atoms with Crippen LogP contribution in [0.5, 0.6) is 0 Å². The van der Waals surface area contributed by atoms with Crippen LogP contribution in [0.2, 0.25) is 0 Å². The summed E-state index contributed by atoms with van der Waals surface area (Å²) in [6.07, 6.45) is 0. The average Bonchev–Trinajstić information content (AvgIpc) is 4.19. The molecule has 5 nitrogen and oxygen atoms in total. The van der Waals surface area contributed by atoms with Gasteiger partial charge in [-0.25, -0.2) is 15.0 Å². The first kappa shape index (κ1) is 42.5. The summed E-state index contributed by atoms with van der Waals surface area (Å²) in [5.74, 6) is 1.92. The van der Waals surface area contributed by atoms with Crippen molar-refractivity contribution in [2.24, 2.45) is 0 Å². The van der Waals surface area contributed by atoms with E-state index in [0.717, 1.165) is 39.2 Å². The van der Waals surface area contributed by atoms with Crippen molar-refractivity contribution in [1.29, 1.82) is 0 Å². The maximum atomic E-state index is 5.05. The predicted octanol–water partition coefficient (Wildman–Crippen LogP) is 17.9. The van der Waals surface area contributed by atoms with Crippen molar-refractivity contribution in [3.05, 3.63) is 248 Å². The third-order valence-corrected chi connectivity index (χ3v) is 16.6. The number of hydrogen-bond acceptors (Lipinski definition) is 4. The third-order valence-electron chi connectivity index (χ3n) is 15.3. The van der Waals surface area contributed by atoms with Crippen molar-refractivity contribution in [3.8, 4) is 79.0 Å². The minimum absolute atomic E-state index is 0.253. The highest BCUT2D eigenvalue weighted by Gasteiger charge is 2.41. The van der Waals surface area contributed by atoms with Gasteiger partial charge in [0, 0.05) is 75.4 Å². The zero-order valence-electron chi connectivity index (χ0n) is 40.7. The maximum Gasteiger partial charge on any atom is 0.164 e. The van der Waals surface area contributed by atoms with Crippen molar-refractivity contribution in [1.82, 2.24) is 24.1 Å². The van der Waals surface area contributed by atoms with E-state index in [9.17, 15) is 0 Å². The highest BCUT2D eigenvalue weighted by molar-refractivity contribution is 7.26. The molecule has 348 valence electrons. The van der Waals surface area contributed by atoms with E-state index in [1.807, 2.05) is 72.0 Å². The maximum absolute atomic E-state index is 5.05. The molecule has 4 heterocycles. The quantitative estimate of drug-likeness (QED) is 0.160. The van der Waals surface area contributed by atoms with Crippen LogP contribution < -0.4 is 0 Å². The Labute approximate surface area is 432 Å². The van der Waals surface area contributed by atoms with E-state index in [2.05, 4.69) is 199 Å². The molecule has 0 atom stereocenters. The number of rotatable bonds is 7. The van der Waals surface area contributed by atoms with E-state index in [1.54, 1.807) is 0 Å². The van der Waals surface area contributed by atoms with Crippen LogP contribution in [0.4, 0.5) is 0 Å². The Balaban J connectivity index is 0.929. The van der Waals surface area contributed by atoms with Crippen molar-refractivity contribution in [2.75, 3.05) is 0 Å². The molecule has 0 unspecified atom stereocenters. The lowest BCUT2D eigenvalue weighted by molar-refractivity contribution is 0.666. The van der Waals surface area contributed by atoms with Crippen LogP contribution in [-0.2, 0) is 5.41 Å². The number of thiophene rings is 1. The van der Waals surface area contributed by atoms with E-state index in [-0.39, 0.29) is 5.41 Å². The highest BCUT2D eigenvalue weighted by Crippen LogP contribution is 2.56. The Kier molecular flexibility index (Phi) is 9.41. The lowest BCUT2D eigenvalue weighted by Crippen LogP contribution is -2.14. The summed E-state index contributed by atoms with van der Waals surface area (Å²) < 4.78 is 7.63. The van der Waals surface area contributed by atoms with E-state index < -0.39 is 0 Å². The normalized spacial score (nSPS) is 12.8. The monoisotopic (exact) mass is 963 g/mol. The lowest BCUT2D eigenvalue weighted by Gasteiger charge is -2.21. The molecule has 0 N–H and O–H groups in total. The summed E-state index contributed by atoms with van der Waals surface area (Å²) in [5.41, 5.74) is 18.4. The molecular weight excluding hydrogens is 919 g/mol. The molecule has 0 bridgehead atoms. The molecule has 1 aliphatic rings. The lowest BCUT2D eigenvalue weighted by atomic mass is 9.81. The molecule has 74 heavy (non-hydrogen) atoms. The Morgan fingerprint density at radius 1 is 0.365 bits per heavy atom. The van der Waals surface area contributed by atoms with E-state index in [4.69, 9.17) is 15.0 Å². The van der Waals surface area contributed by atoms with E-state index in [1.165, 1.54) is 86.4 Å². The zero-order chi connectivity index (χ0) is 49.1. The standard InChI is InChI=1S/C68H45N5S/c1-68(2)55-30-14-12-27-53(55)63-62(68)61-58(73(63)48-24-10-5-11-25-48)39-38-57-60(61)54-41-46(50-28-17-29-52-51-26-13-15-31-59(51)74-64(50)52)34-37-56(54)72(57)49-35-32-42(33-36-49)45-22-16-23-47(40-45)67-70-65(43-18-6-3-7-19-43)69-66(71-67)44-20-8-4-9-21-44/h3-41H,1-2H3. The molecule has 0 amide bonds. The molecule has 0 radical (unpaired) electrons. The summed E-state index contributed by atoms with van der Waals surface area (Å²) in [6.45, 7) is 4.83. The summed E-state index contributed by atoms with van der Waals surface area (Å²) in [7, 11) is 0. The Hall–Kier alpha value is -9.23. The molecule has 0 saturated heterocycles. The van der Waals surface area contributed by atoms with Crippen LogP contribution >= 0.6 is 11.3 Å². The Morgan fingerprint density at radius 3 is 1.65 bits per heavy atom. The van der Waals surface area contributed by atoms with Gasteiger partial charge in [-0.3, -0.25) is 0 Å². The average molecular weight is 964 g/mol. The first-order valence-electron chi connectivity index (χ1n) is 25.3. The van der Waals surface area contributed by atoms with Gasteiger partial charge in [-0.2, -0.15) is 0 Å². The van der Waals surface area contributed by atoms with Crippen LogP contribution in [-0.4, -0.2) is 24.1 Å². The minimum atomic E-state index is -0.253. The number of benzene rings is 10. The molecule has 0 aliphatic heterocycles. The smallest absolute Gasteiger partial charge is 0.164 e. The number of fused-ring (bicyclic) bond motifs is 12. The van der Waals surface area contributed by atoms with Gasteiger partial charge in [0.05, 0.1) is 22.2 Å². The molecule has 0 spiro atoms. The van der Waals surface area contributed by atoms with Crippen molar-refractivity contribution in [2.45, 2.75) is 19.3 Å².